The van der Waals surface area contributed by atoms with Gasteiger partial charge in [-0.25, -0.2) is 4.79 Å². The van der Waals surface area contributed by atoms with Gasteiger partial charge in [0.15, 0.2) is 11.5 Å². The van der Waals surface area contributed by atoms with E-state index < -0.39 is 17.8 Å². The van der Waals surface area contributed by atoms with E-state index in [2.05, 4.69) is 15.1 Å². The smallest absolute Gasteiger partial charge is 0.416 e. The average molecular weight is 423 g/mol. The quantitative estimate of drug-likeness (QED) is 0.794. The summed E-state index contributed by atoms with van der Waals surface area (Å²) >= 11 is 0. The molecule has 0 aromatic heterocycles. The molecule has 0 atom stereocenters. The molecule has 1 aliphatic rings. The van der Waals surface area contributed by atoms with Crippen LogP contribution in [0, 0.1) is 0 Å². The minimum atomic E-state index is -4.32. The van der Waals surface area contributed by atoms with Gasteiger partial charge in [0.05, 0.1) is 12.7 Å². The van der Waals surface area contributed by atoms with Gasteiger partial charge < -0.3 is 19.7 Å². The second-order valence-electron chi connectivity index (χ2n) is 6.93. The summed E-state index contributed by atoms with van der Waals surface area (Å²) < 4.78 is 48.6. The Morgan fingerprint density at radius 3 is 2.27 bits per heavy atom. The molecule has 0 aliphatic carbocycles. The van der Waals surface area contributed by atoms with Crippen molar-refractivity contribution in [1.82, 2.24) is 10.2 Å². The summed E-state index contributed by atoms with van der Waals surface area (Å²) in [4.78, 5) is 15.7. The van der Waals surface area contributed by atoms with Gasteiger partial charge in [-0.3, -0.25) is 4.90 Å². The van der Waals surface area contributed by atoms with Crippen LogP contribution in [0.3, 0.4) is 0 Å². The molecule has 2 aromatic rings. The Labute approximate surface area is 173 Å². The first kappa shape index (κ1) is 21.8. The summed E-state index contributed by atoms with van der Waals surface area (Å²) in [6.07, 6.45) is -4.89. The van der Waals surface area contributed by atoms with Gasteiger partial charge in [-0.2, -0.15) is 13.2 Å². The Kier molecular flexibility index (Phi) is 6.71. The molecule has 30 heavy (non-hydrogen) atoms. The first-order valence-corrected chi connectivity index (χ1v) is 9.51. The van der Waals surface area contributed by atoms with Gasteiger partial charge >= 0.3 is 12.3 Å². The monoisotopic (exact) mass is 423 g/mol. The number of anilines is 1. The summed E-state index contributed by atoms with van der Waals surface area (Å²) in [6.45, 7) is 3.69. The molecule has 1 saturated heterocycles. The number of rotatable bonds is 5. The van der Waals surface area contributed by atoms with Crippen LogP contribution in [0.1, 0.15) is 11.1 Å². The highest BCUT2D eigenvalue weighted by Crippen LogP contribution is 2.31. The van der Waals surface area contributed by atoms with Gasteiger partial charge in [0.1, 0.15) is 0 Å². The van der Waals surface area contributed by atoms with Crippen LogP contribution < -0.4 is 19.7 Å². The zero-order valence-electron chi connectivity index (χ0n) is 16.8. The van der Waals surface area contributed by atoms with Crippen molar-refractivity contribution in [2.45, 2.75) is 12.7 Å². The molecule has 1 aliphatic heterocycles. The van der Waals surface area contributed by atoms with Crippen molar-refractivity contribution in [2.24, 2.45) is 0 Å². The third-order valence-corrected chi connectivity index (χ3v) is 4.97. The average Bonchev–Trinajstić information content (AvgIpc) is 2.74. The molecule has 1 fully saturated rings. The predicted molar refractivity (Wildman–Crippen MR) is 107 cm³/mol. The number of carbonyl (C=O) groups is 1. The maximum atomic E-state index is 12.7. The highest BCUT2D eigenvalue weighted by atomic mass is 19.4. The van der Waals surface area contributed by atoms with Gasteiger partial charge in [0.2, 0.25) is 0 Å². The lowest BCUT2D eigenvalue weighted by atomic mass is 10.1. The second-order valence-corrected chi connectivity index (χ2v) is 6.93. The summed E-state index contributed by atoms with van der Waals surface area (Å²) in [7, 11) is 2.99. The van der Waals surface area contributed by atoms with Gasteiger partial charge in [-0.15, -0.1) is 0 Å². The number of halogens is 3. The van der Waals surface area contributed by atoms with Crippen LogP contribution >= 0.6 is 0 Å². The molecule has 0 bridgehead atoms. The molecule has 0 saturated carbocycles. The largest absolute Gasteiger partial charge is 0.493 e. The van der Waals surface area contributed by atoms with Crippen molar-refractivity contribution < 1.29 is 27.4 Å². The predicted octanol–water partition coefficient (Wildman–Crippen LogP) is 3.75. The number of alkyl halides is 3. The molecule has 1 heterocycles. The van der Waals surface area contributed by atoms with Gasteiger partial charge in [-0.05, 0) is 42.0 Å². The number of nitrogens with one attached hydrogen (secondary N) is 1. The summed E-state index contributed by atoms with van der Waals surface area (Å²) in [5, 5.41) is 2.39. The van der Waals surface area contributed by atoms with Crippen LogP contribution in [0.15, 0.2) is 42.5 Å². The number of ether oxygens (including phenoxy) is 2. The number of carbonyl (C=O) groups excluding carboxylic acids is 1. The molecular weight excluding hydrogens is 399 g/mol. The number of hydrogen-bond donors (Lipinski definition) is 1. The first-order chi connectivity index (χ1) is 14.3. The molecule has 0 spiro atoms. The van der Waals surface area contributed by atoms with Crippen molar-refractivity contribution in [3.8, 4) is 11.5 Å². The van der Waals surface area contributed by atoms with E-state index in [4.69, 9.17) is 9.47 Å². The van der Waals surface area contributed by atoms with E-state index in [1.165, 1.54) is 26.3 Å². The van der Waals surface area contributed by atoms with Gasteiger partial charge in [0, 0.05) is 45.5 Å². The Morgan fingerprint density at radius 2 is 1.70 bits per heavy atom. The molecule has 162 valence electrons. The lowest BCUT2D eigenvalue weighted by Gasteiger charge is -2.36. The van der Waals surface area contributed by atoms with Crippen molar-refractivity contribution in [3.05, 3.63) is 53.6 Å². The minimum Gasteiger partial charge on any atom is -0.493 e. The number of hydrogen-bond acceptors (Lipinski definition) is 5. The summed E-state index contributed by atoms with van der Waals surface area (Å²) in [5.41, 5.74) is 1.17. The summed E-state index contributed by atoms with van der Waals surface area (Å²) in [5.74, 6) is 0.812. The second kappa shape index (κ2) is 9.25. The number of amides is 1. The molecule has 0 unspecified atom stereocenters. The van der Waals surface area contributed by atoms with Crippen molar-refractivity contribution in [3.63, 3.8) is 0 Å². The van der Waals surface area contributed by atoms with Crippen LogP contribution in [0.2, 0.25) is 0 Å². The third-order valence-electron chi connectivity index (χ3n) is 4.97. The van der Waals surface area contributed by atoms with Gasteiger partial charge in [-0.1, -0.05) is 6.07 Å². The molecule has 2 aromatic carbocycles. The Morgan fingerprint density at radius 1 is 1.03 bits per heavy atom. The van der Waals surface area contributed by atoms with Crippen LogP contribution in [0.4, 0.5) is 23.7 Å². The first-order valence-electron chi connectivity index (χ1n) is 9.51. The lowest BCUT2D eigenvalue weighted by Crippen LogP contribution is -2.45. The van der Waals surface area contributed by atoms with Crippen LogP contribution in [0.25, 0.3) is 0 Å². The normalized spacial score (nSPS) is 15.0. The molecule has 9 heteroatoms. The lowest BCUT2D eigenvalue weighted by molar-refractivity contribution is -0.137. The Hall–Kier alpha value is -2.94. The fraction of sp³-hybridized carbons (Fsp3) is 0.381. The van der Waals surface area contributed by atoms with E-state index in [1.807, 2.05) is 12.1 Å². The maximum Gasteiger partial charge on any atom is 0.416 e. The third kappa shape index (κ3) is 5.35. The highest BCUT2D eigenvalue weighted by Gasteiger charge is 2.30. The van der Waals surface area contributed by atoms with E-state index in [0.717, 1.165) is 49.6 Å². The number of piperazine rings is 1. The topological polar surface area (TPSA) is 54.0 Å². The number of nitrogens with zero attached hydrogens (tertiary/aromatic N) is 2. The SMILES string of the molecule is CNC(=O)Oc1ccc(CN2CCN(c3ccc(C(F)(F)F)cc3)CC2)cc1OC. The maximum absolute atomic E-state index is 12.7. The Bertz CT molecular complexity index is 864. The van der Waals surface area contributed by atoms with Crippen molar-refractivity contribution >= 4 is 11.8 Å². The van der Waals surface area contributed by atoms with Crippen molar-refractivity contribution in [1.29, 1.82) is 0 Å². The van der Waals surface area contributed by atoms with E-state index in [-0.39, 0.29) is 0 Å². The molecule has 6 nitrogen and oxygen atoms in total. The zero-order valence-corrected chi connectivity index (χ0v) is 16.8. The van der Waals surface area contributed by atoms with E-state index in [9.17, 15) is 18.0 Å². The fourth-order valence-electron chi connectivity index (χ4n) is 3.33. The standard InChI is InChI=1S/C21H24F3N3O3/c1-25-20(28)30-18-8-3-15(13-19(18)29-2)14-26-9-11-27(12-10-26)17-6-4-16(5-7-17)21(22,23)24/h3-8,13H,9-12,14H2,1-2H3,(H,25,28). The molecular formula is C21H24F3N3O3. The summed E-state index contributed by atoms with van der Waals surface area (Å²) in [6, 6.07) is 10.7. The van der Waals surface area contributed by atoms with Crippen LogP contribution in [-0.4, -0.2) is 51.3 Å². The van der Waals surface area contributed by atoms with Crippen LogP contribution in [-0.2, 0) is 12.7 Å². The Balaban J connectivity index is 1.57. The van der Waals surface area contributed by atoms with E-state index >= 15 is 0 Å². The van der Waals surface area contributed by atoms with Crippen molar-refractivity contribution in [2.75, 3.05) is 45.2 Å². The minimum absolute atomic E-state index is 0.340. The van der Waals surface area contributed by atoms with E-state index in [0.29, 0.717) is 18.0 Å². The number of methoxy groups -OCH3 is 1. The fourth-order valence-corrected chi connectivity index (χ4v) is 3.33. The molecule has 1 N–H and O–H groups in total. The zero-order chi connectivity index (χ0) is 21.7. The number of benzene rings is 2. The molecule has 1 amide bonds. The van der Waals surface area contributed by atoms with Crippen LogP contribution in [0.5, 0.6) is 11.5 Å². The molecule has 3 rings (SSSR count). The molecule has 0 radical (unpaired) electrons. The van der Waals surface area contributed by atoms with E-state index in [1.54, 1.807) is 6.07 Å². The van der Waals surface area contributed by atoms with Gasteiger partial charge in [0.25, 0.3) is 0 Å². The highest BCUT2D eigenvalue weighted by molar-refractivity contribution is 5.71.